The van der Waals surface area contributed by atoms with Gasteiger partial charge in [-0.1, -0.05) is 30.3 Å². The van der Waals surface area contributed by atoms with Gasteiger partial charge in [0.1, 0.15) is 6.61 Å². The minimum Gasteiger partial charge on any atom is -0.485 e. The zero-order chi connectivity index (χ0) is 11.3. The first kappa shape index (κ1) is 12.0. The Balaban J connectivity index is 2.86. The van der Waals surface area contributed by atoms with Gasteiger partial charge in [0.25, 0.3) is 0 Å². The number of para-hydroxylation sites is 1. The van der Waals surface area contributed by atoms with Gasteiger partial charge in [-0.2, -0.15) is 0 Å². The van der Waals surface area contributed by atoms with Crippen molar-refractivity contribution in [2.24, 2.45) is 5.73 Å². The standard InChI is InChI=1S/C11H13ClFNO/c1-8(12)7-15-11-9(5-6-14)3-2-4-10(11)13/h2-4H,1,5-7,14H2. The van der Waals surface area contributed by atoms with E-state index < -0.39 is 5.82 Å². The van der Waals surface area contributed by atoms with E-state index in [1.165, 1.54) is 6.07 Å². The monoisotopic (exact) mass is 229 g/mol. The summed E-state index contributed by atoms with van der Waals surface area (Å²) in [5.74, 6) is -0.191. The van der Waals surface area contributed by atoms with Crippen molar-refractivity contribution >= 4 is 11.6 Å². The number of hydrogen-bond acceptors (Lipinski definition) is 2. The van der Waals surface area contributed by atoms with Gasteiger partial charge in [-0.25, -0.2) is 4.39 Å². The summed E-state index contributed by atoms with van der Waals surface area (Å²) >= 11 is 5.54. The number of benzene rings is 1. The van der Waals surface area contributed by atoms with Crippen molar-refractivity contribution in [3.05, 3.63) is 41.2 Å². The molecule has 2 nitrogen and oxygen atoms in total. The Morgan fingerprint density at radius 3 is 2.87 bits per heavy atom. The van der Waals surface area contributed by atoms with Gasteiger partial charge in [0.05, 0.1) is 0 Å². The van der Waals surface area contributed by atoms with Crippen LogP contribution in [0.2, 0.25) is 0 Å². The highest BCUT2D eigenvalue weighted by Gasteiger charge is 2.09. The summed E-state index contributed by atoms with van der Waals surface area (Å²) in [6.07, 6.45) is 0.571. The van der Waals surface area contributed by atoms with E-state index in [2.05, 4.69) is 6.58 Å². The maximum absolute atomic E-state index is 13.4. The molecule has 0 atom stereocenters. The van der Waals surface area contributed by atoms with Crippen LogP contribution in [-0.4, -0.2) is 13.2 Å². The molecule has 0 saturated heterocycles. The van der Waals surface area contributed by atoms with Gasteiger partial charge in [-0.15, -0.1) is 0 Å². The fourth-order valence-corrected chi connectivity index (χ4v) is 1.27. The van der Waals surface area contributed by atoms with Crippen LogP contribution < -0.4 is 10.5 Å². The maximum atomic E-state index is 13.4. The number of hydrogen-bond donors (Lipinski definition) is 1. The lowest BCUT2D eigenvalue weighted by Crippen LogP contribution is -2.07. The van der Waals surface area contributed by atoms with Crippen LogP contribution in [0, 0.1) is 5.82 Å². The fourth-order valence-electron chi connectivity index (χ4n) is 1.22. The van der Waals surface area contributed by atoms with E-state index >= 15 is 0 Å². The Morgan fingerprint density at radius 2 is 2.27 bits per heavy atom. The van der Waals surface area contributed by atoms with E-state index in [1.54, 1.807) is 12.1 Å². The summed E-state index contributed by atoms with van der Waals surface area (Å²) in [4.78, 5) is 0. The summed E-state index contributed by atoms with van der Waals surface area (Å²) in [6.45, 7) is 4.01. The molecule has 0 aromatic heterocycles. The van der Waals surface area contributed by atoms with Crippen LogP contribution in [0.3, 0.4) is 0 Å². The van der Waals surface area contributed by atoms with E-state index in [-0.39, 0.29) is 12.4 Å². The van der Waals surface area contributed by atoms with Crippen molar-refractivity contribution in [2.75, 3.05) is 13.2 Å². The fraction of sp³-hybridized carbons (Fsp3) is 0.273. The van der Waals surface area contributed by atoms with Crippen LogP contribution >= 0.6 is 11.6 Å². The number of rotatable bonds is 5. The lowest BCUT2D eigenvalue weighted by molar-refractivity contribution is 0.334. The zero-order valence-electron chi connectivity index (χ0n) is 8.30. The SMILES string of the molecule is C=C(Cl)COc1c(F)cccc1CCN. The quantitative estimate of drug-likeness (QED) is 0.842. The Morgan fingerprint density at radius 1 is 1.53 bits per heavy atom. The Kier molecular flexibility index (Phi) is 4.59. The molecule has 0 radical (unpaired) electrons. The molecule has 0 aliphatic carbocycles. The van der Waals surface area contributed by atoms with Gasteiger partial charge >= 0.3 is 0 Å². The normalized spacial score (nSPS) is 10.1. The third kappa shape index (κ3) is 3.53. The molecule has 2 N–H and O–H groups in total. The van der Waals surface area contributed by atoms with Crippen LogP contribution in [0.4, 0.5) is 4.39 Å². The van der Waals surface area contributed by atoms with E-state index in [1.807, 2.05) is 0 Å². The van der Waals surface area contributed by atoms with Crippen LogP contribution in [0.25, 0.3) is 0 Å². The molecule has 4 heteroatoms. The summed E-state index contributed by atoms with van der Waals surface area (Å²) in [5.41, 5.74) is 6.16. The molecule has 0 fully saturated rings. The predicted octanol–water partition coefficient (Wildman–Crippen LogP) is 2.46. The average Bonchev–Trinajstić information content (AvgIpc) is 2.17. The Bertz CT molecular complexity index is 354. The van der Waals surface area contributed by atoms with Crippen molar-refractivity contribution in [3.63, 3.8) is 0 Å². The van der Waals surface area contributed by atoms with Gasteiger partial charge in [-0.05, 0) is 24.6 Å². The molecule has 15 heavy (non-hydrogen) atoms. The van der Waals surface area contributed by atoms with Crippen molar-refractivity contribution in [2.45, 2.75) is 6.42 Å². The van der Waals surface area contributed by atoms with Crippen molar-refractivity contribution in [3.8, 4) is 5.75 Å². The highest BCUT2D eigenvalue weighted by Crippen LogP contribution is 2.23. The first-order valence-electron chi connectivity index (χ1n) is 4.58. The van der Waals surface area contributed by atoms with E-state index in [4.69, 9.17) is 22.1 Å². The van der Waals surface area contributed by atoms with Crippen molar-refractivity contribution in [1.82, 2.24) is 0 Å². The van der Waals surface area contributed by atoms with Gasteiger partial charge in [0, 0.05) is 5.03 Å². The van der Waals surface area contributed by atoms with E-state index in [0.717, 1.165) is 5.56 Å². The second kappa shape index (κ2) is 5.73. The lowest BCUT2D eigenvalue weighted by atomic mass is 10.1. The van der Waals surface area contributed by atoms with Crippen LogP contribution in [0.15, 0.2) is 29.8 Å². The van der Waals surface area contributed by atoms with Crippen molar-refractivity contribution in [1.29, 1.82) is 0 Å². The topological polar surface area (TPSA) is 35.2 Å². The molecule has 0 unspecified atom stereocenters. The second-order valence-electron chi connectivity index (χ2n) is 3.07. The lowest BCUT2D eigenvalue weighted by Gasteiger charge is -2.11. The van der Waals surface area contributed by atoms with Gasteiger partial charge in [0.15, 0.2) is 11.6 Å². The first-order chi connectivity index (χ1) is 7.15. The largest absolute Gasteiger partial charge is 0.485 e. The summed E-state index contributed by atoms with van der Waals surface area (Å²) in [5, 5.41) is 0.331. The molecule has 0 bridgehead atoms. The Hall–Kier alpha value is -1.06. The van der Waals surface area contributed by atoms with Crippen molar-refractivity contribution < 1.29 is 9.13 Å². The predicted molar refractivity (Wildman–Crippen MR) is 59.6 cm³/mol. The minimum absolute atomic E-state index is 0.0973. The molecule has 1 aromatic rings. The van der Waals surface area contributed by atoms with Crippen LogP contribution in [0.5, 0.6) is 5.75 Å². The second-order valence-corrected chi connectivity index (χ2v) is 3.61. The maximum Gasteiger partial charge on any atom is 0.165 e. The molecule has 0 aliphatic rings. The van der Waals surface area contributed by atoms with Crippen LogP contribution in [-0.2, 0) is 6.42 Å². The molecule has 0 spiro atoms. The molecule has 82 valence electrons. The zero-order valence-corrected chi connectivity index (χ0v) is 9.06. The molecule has 0 saturated carbocycles. The molecule has 1 aromatic carbocycles. The van der Waals surface area contributed by atoms with E-state index in [0.29, 0.717) is 18.0 Å². The smallest absolute Gasteiger partial charge is 0.165 e. The van der Waals surface area contributed by atoms with Gasteiger partial charge in [0.2, 0.25) is 0 Å². The number of ether oxygens (including phenoxy) is 1. The number of nitrogens with two attached hydrogens (primary N) is 1. The van der Waals surface area contributed by atoms with Gasteiger partial charge < -0.3 is 10.5 Å². The molecular weight excluding hydrogens is 217 g/mol. The molecule has 0 heterocycles. The number of halogens is 2. The highest BCUT2D eigenvalue weighted by atomic mass is 35.5. The molecule has 0 aliphatic heterocycles. The third-order valence-electron chi connectivity index (χ3n) is 1.84. The minimum atomic E-state index is -0.404. The van der Waals surface area contributed by atoms with Gasteiger partial charge in [-0.3, -0.25) is 0 Å². The third-order valence-corrected chi connectivity index (χ3v) is 1.94. The molecule has 0 amide bonds. The van der Waals surface area contributed by atoms with Crippen LogP contribution in [0.1, 0.15) is 5.56 Å². The highest BCUT2D eigenvalue weighted by molar-refractivity contribution is 6.29. The Labute approximate surface area is 93.5 Å². The summed E-state index contributed by atoms with van der Waals surface area (Å²) in [7, 11) is 0. The first-order valence-corrected chi connectivity index (χ1v) is 4.96. The molecular formula is C11H13ClFNO. The summed E-state index contributed by atoms with van der Waals surface area (Å²) in [6, 6.07) is 4.75. The van der Waals surface area contributed by atoms with E-state index in [9.17, 15) is 4.39 Å². The average molecular weight is 230 g/mol. The molecule has 1 rings (SSSR count). The summed E-state index contributed by atoms with van der Waals surface area (Å²) < 4.78 is 18.6.